The minimum Gasteiger partial charge on any atom is -0.241 e. The summed E-state index contributed by atoms with van der Waals surface area (Å²) in [7, 11) is 0. The number of nitrogens with zero attached hydrogens (tertiary/aromatic N) is 2. The lowest BCUT2D eigenvalue weighted by Crippen LogP contribution is -1.82. The van der Waals surface area contributed by atoms with Gasteiger partial charge in [0.1, 0.15) is 16.9 Å². The molecule has 0 bridgehead atoms. The number of allylic oxidation sites excluding steroid dienone is 1. The van der Waals surface area contributed by atoms with Gasteiger partial charge in [0.05, 0.1) is 5.57 Å². The molecule has 84 valence electrons. The summed E-state index contributed by atoms with van der Waals surface area (Å²) in [4.78, 5) is 4.23. The molecule has 1 aromatic carbocycles. The highest BCUT2D eigenvalue weighted by Crippen LogP contribution is 2.21. The maximum Gasteiger partial charge on any atom is 0.134 e. The van der Waals surface area contributed by atoms with E-state index in [9.17, 15) is 4.39 Å². The number of hydrogen-bond donors (Lipinski definition) is 0. The first-order valence-electron chi connectivity index (χ1n) is 4.99. The number of halogens is 1. The zero-order valence-electron chi connectivity index (χ0n) is 9.14. The van der Waals surface area contributed by atoms with Crippen LogP contribution in [0.3, 0.4) is 0 Å². The summed E-state index contributed by atoms with van der Waals surface area (Å²) in [5.41, 5.74) is 1.99. The molecule has 2 nitrogen and oxygen atoms in total. The number of nitriles is 1. The van der Waals surface area contributed by atoms with Crippen LogP contribution in [0.25, 0.3) is 11.6 Å². The van der Waals surface area contributed by atoms with E-state index in [1.165, 1.54) is 23.5 Å². The van der Waals surface area contributed by atoms with E-state index in [0.717, 1.165) is 5.69 Å². The Labute approximate surface area is 103 Å². The smallest absolute Gasteiger partial charge is 0.134 e. The highest BCUT2D eigenvalue weighted by atomic mass is 32.1. The van der Waals surface area contributed by atoms with Crippen molar-refractivity contribution in [3.63, 3.8) is 0 Å². The van der Waals surface area contributed by atoms with Gasteiger partial charge >= 0.3 is 0 Å². The largest absolute Gasteiger partial charge is 0.241 e. The van der Waals surface area contributed by atoms with Gasteiger partial charge in [-0.1, -0.05) is 12.1 Å². The Balaban J connectivity index is 2.40. The highest BCUT2D eigenvalue weighted by Gasteiger charge is 2.05. The molecule has 0 aliphatic rings. The predicted octanol–water partition coefficient (Wildman–Crippen LogP) is 3.65. The molecule has 1 heterocycles. The predicted molar refractivity (Wildman–Crippen MR) is 66.7 cm³/mol. The van der Waals surface area contributed by atoms with Gasteiger partial charge in [-0.3, -0.25) is 0 Å². The van der Waals surface area contributed by atoms with E-state index in [1.807, 2.05) is 12.3 Å². The number of hydrogen-bond acceptors (Lipinski definition) is 3. The number of aryl methyl sites for hydroxylation is 1. The maximum atomic E-state index is 13.0. The molecule has 2 rings (SSSR count). The lowest BCUT2D eigenvalue weighted by Gasteiger charge is -1.95. The first-order chi connectivity index (χ1) is 8.19. The minimum atomic E-state index is -0.314. The molecular formula is C13H9FN2S. The van der Waals surface area contributed by atoms with Gasteiger partial charge in [-0.05, 0) is 30.7 Å². The van der Waals surface area contributed by atoms with E-state index in [2.05, 4.69) is 11.1 Å². The molecule has 0 radical (unpaired) electrons. The van der Waals surface area contributed by atoms with Gasteiger partial charge in [0.2, 0.25) is 0 Å². The minimum absolute atomic E-state index is 0.314. The quantitative estimate of drug-likeness (QED) is 0.756. The third-order valence-corrected chi connectivity index (χ3v) is 3.12. The second-order valence-corrected chi connectivity index (χ2v) is 4.38. The SMILES string of the molecule is Cc1csc(C(C#N)=Cc2cccc(F)c2)n1. The van der Waals surface area contributed by atoms with Gasteiger partial charge in [0.25, 0.3) is 0 Å². The molecule has 0 aliphatic carbocycles. The second kappa shape index (κ2) is 4.89. The second-order valence-electron chi connectivity index (χ2n) is 3.52. The van der Waals surface area contributed by atoms with Gasteiger partial charge in [0.15, 0.2) is 0 Å². The molecule has 0 amide bonds. The van der Waals surface area contributed by atoms with Gasteiger partial charge in [-0.2, -0.15) is 5.26 Å². The summed E-state index contributed by atoms with van der Waals surface area (Å²) in [5.74, 6) is -0.314. The van der Waals surface area contributed by atoms with E-state index in [-0.39, 0.29) is 5.82 Å². The topological polar surface area (TPSA) is 36.7 Å². The van der Waals surface area contributed by atoms with Crippen LogP contribution in [0, 0.1) is 24.1 Å². The van der Waals surface area contributed by atoms with Crippen molar-refractivity contribution in [2.24, 2.45) is 0 Å². The van der Waals surface area contributed by atoms with Crippen LogP contribution < -0.4 is 0 Å². The summed E-state index contributed by atoms with van der Waals surface area (Å²) in [5, 5.41) is 11.6. The number of rotatable bonds is 2. The van der Waals surface area contributed by atoms with E-state index in [1.54, 1.807) is 18.2 Å². The summed E-state index contributed by atoms with van der Waals surface area (Å²) in [6, 6.07) is 8.21. The summed E-state index contributed by atoms with van der Waals surface area (Å²) < 4.78 is 13.0. The molecule has 4 heteroatoms. The van der Waals surface area contributed by atoms with Crippen molar-refractivity contribution in [2.45, 2.75) is 6.92 Å². The van der Waals surface area contributed by atoms with Crippen molar-refractivity contribution in [3.8, 4) is 6.07 Å². The summed E-state index contributed by atoms with van der Waals surface area (Å²) in [6.45, 7) is 1.87. The van der Waals surface area contributed by atoms with Gasteiger partial charge in [-0.15, -0.1) is 11.3 Å². The third kappa shape index (κ3) is 2.77. The molecule has 0 aliphatic heterocycles. The zero-order valence-corrected chi connectivity index (χ0v) is 9.96. The Morgan fingerprint density at radius 2 is 2.35 bits per heavy atom. The first kappa shape index (κ1) is 11.5. The van der Waals surface area contributed by atoms with Crippen LogP contribution in [0.2, 0.25) is 0 Å². The Morgan fingerprint density at radius 1 is 1.53 bits per heavy atom. The third-order valence-electron chi connectivity index (χ3n) is 2.13. The Kier molecular flexibility index (Phi) is 3.31. The Hall–Kier alpha value is -1.99. The average Bonchev–Trinajstić information content (AvgIpc) is 2.73. The van der Waals surface area contributed by atoms with Crippen LogP contribution in [-0.2, 0) is 0 Å². The van der Waals surface area contributed by atoms with Crippen LogP contribution in [0.15, 0.2) is 29.6 Å². The molecule has 0 N–H and O–H groups in total. The number of aromatic nitrogens is 1. The van der Waals surface area contributed by atoms with Crippen LogP contribution in [0.4, 0.5) is 4.39 Å². The fourth-order valence-electron chi connectivity index (χ4n) is 1.38. The van der Waals surface area contributed by atoms with Crippen molar-refractivity contribution in [1.82, 2.24) is 4.98 Å². The molecule has 2 aromatic rings. The van der Waals surface area contributed by atoms with Crippen molar-refractivity contribution in [1.29, 1.82) is 5.26 Å². The fourth-order valence-corrected chi connectivity index (χ4v) is 2.15. The van der Waals surface area contributed by atoms with Crippen molar-refractivity contribution >= 4 is 23.0 Å². The van der Waals surface area contributed by atoms with E-state index >= 15 is 0 Å². The Morgan fingerprint density at radius 3 is 2.94 bits per heavy atom. The van der Waals surface area contributed by atoms with Crippen molar-refractivity contribution < 1.29 is 4.39 Å². The van der Waals surface area contributed by atoms with E-state index in [0.29, 0.717) is 16.1 Å². The Bertz CT molecular complexity index is 608. The van der Waals surface area contributed by atoms with Crippen LogP contribution in [-0.4, -0.2) is 4.98 Å². The molecule has 0 fully saturated rings. The zero-order chi connectivity index (χ0) is 12.3. The number of thiazole rings is 1. The molecule has 0 spiro atoms. The molecule has 17 heavy (non-hydrogen) atoms. The van der Waals surface area contributed by atoms with Crippen molar-refractivity contribution in [2.75, 3.05) is 0 Å². The molecule has 0 saturated heterocycles. The summed E-state index contributed by atoms with van der Waals surface area (Å²) in [6.07, 6.45) is 1.64. The van der Waals surface area contributed by atoms with E-state index < -0.39 is 0 Å². The lowest BCUT2D eigenvalue weighted by atomic mass is 10.1. The normalized spacial score (nSPS) is 11.2. The fraction of sp³-hybridized carbons (Fsp3) is 0.0769. The summed E-state index contributed by atoms with van der Waals surface area (Å²) >= 11 is 1.41. The molecule has 1 aromatic heterocycles. The lowest BCUT2D eigenvalue weighted by molar-refractivity contribution is 0.627. The van der Waals surface area contributed by atoms with Gasteiger partial charge in [0, 0.05) is 11.1 Å². The molecule has 0 unspecified atom stereocenters. The molecular weight excluding hydrogens is 235 g/mol. The van der Waals surface area contributed by atoms with E-state index in [4.69, 9.17) is 5.26 Å². The first-order valence-corrected chi connectivity index (χ1v) is 5.87. The van der Waals surface area contributed by atoms with Crippen molar-refractivity contribution in [3.05, 3.63) is 51.7 Å². The average molecular weight is 244 g/mol. The van der Waals surface area contributed by atoms with Crippen LogP contribution in [0.5, 0.6) is 0 Å². The maximum absolute atomic E-state index is 13.0. The molecule has 0 atom stereocenters. The van der Waals surface area contributed by atoms with Crippen LogP contribution in [0.1, 0.15) is 16.3 Å². The monoisotopic (exact) mass is 244 g/mol. The highest BCUT2D eigenvalue weighted by molar-refractivity contribution is 7.11. The van der Waals surface area contributed by atoms with Gasteiger partial charge in [-0.25, -0.2) is 9.37 Å². The van der Waals surface area contributed by atoms with Gasteiger partial charge < -0.3 is 0 Å². The number of benzene rings is 1. The molecule has 0 saturated carbocycles. The standard InChI is InChI=1S/C13H9FN2S/c1-9-8-17-13(16-9)11(7-15)5-10-3-2-4-12(14)6-10/h2-6,8H,1H3. The van der Waals surface area contributed by atoms with Crippen LogP contribution >= 0.6 is 11.3 Å².